The molecule has 0 radical (unpaired) electrons. The van der Waals surface area contributed by atoms with Crippen LogP contribution >= 0.6 is 27.5 Å². The van der Waals surface area contributed by atoms with Crippen molar-refractivity contribution in [3.8, 4) is 0 Å². The highest BCUT2D eigenvalue weighted by atomic mass is 79.9. The van der Waals surface area contributed by atoms with Gasteiger partial charge in [-0.05, 0) is 54.6 Å². The Morgan fingerprint density at radius 1 is 1.00 bits per heavy atom. The molecule has 0 atom stereocenters. The molecule has 3 rings (SSSR count). The van der Waals surface area contributed by atoms with Gasteiger partial charge in [0.15, 0.2) is 0 Å². The van der Waals surface area contributed by atoms with E-state index in [-0.39, 0.29) is 5.91 Å². The van der Waals surface area contributed by atoms with Crippen LogP contribution in [-0.2, 0) is 0 Å². The largest absolute Gasteiger partial charge is 0.340 e. The van der Waals surface area contributed by atoms with Crippen LogP contribution in [0.4, 0.5) is 17.2 Å². The minimum atomic E-state index is -0.247. The molecule has 24 heavy (non-hydrogen) atoms. The van der Waals surface area contributed by atoms with Crippen molar-refractivity contribution in [2.45, 2.75) is 0 Å². The van der Waals surface area contributed by atoms with Gasteiger partial charge in [0.1, 0.15) is 5.82 Å². The van der Waals surface area contributed by atoms with E-state index < -0.39 is 0 Å². The van der Waals surface area contributed by atoms with Crippen molar-refractivity contribution in [2.24, 2.45) is 0 Å². The molecule has 0 saturated carbocycles. The van der Waals surface area contributed by atoms with Crippen LogP contribution in [0.25, 0.3) is 0 Å². The predicted octanol–water partition coefficient (Wildman–Crippen LogP) is 5.49. The lowest BCUT2D eigenvalue weighted by Crippen LogP contribution is -2.14. The number of hydrogen-bond acceptors (Lipinski definition) is 3. The Labute approximate surface area is 153 Å². The molecule has 6 heteroatoms. The standard InChI is InChI=1S/C18H13BrClN3O/c19-12-3-1-4-15(11-12)22-17-16(5-2-10-21-17)18(24)23-14-8-6-13(20)7-9-14/h1-11H,(H,21,22)(H,23,24). The number of aromatic nitrogens is 1. The quantitative estimate of drug-likeness (QED) is 0.606. The molecule has 4 nitrogen and oxygen atoms in total. The molecule has 0 aliphatic rings. The van der Waals surface area contributed by atoms with E-state index in [1.165, 1.54) is 0 Å². The smallest absolute Gasteiger partial charge is 0.259 e. The third-order valence-electron chi connectivity index (χ3n) is 3.24. The molecule has 120 valence electrons. The van der Waals surface area contributed by atoms with Crippen molar-refractivity contribution >= 4 is 50.6 Å². The average Bonchev–Trinajstić information content (AvgIpc) is 2.57. The molecular formula is C18H13BrClN3O. The Hall–Kier alpha value is -2.37. The highest BCUT2D eigenvalue weighted by Gasteiger charge is 2.13. The van der Waals surface area contributed by atoms with Crippen molar-refractivity contribution in [3.05, 3.63) is 81.9 Å². The van der Waals surface area contributed by atoms with Gasteiger partial charge in [-0.3, -0.25) is 4.79 Å². The highest BCUT2D eigenvalue weighted by Crippen LogP contribution is 2.22. The Morgan fingerprint density at radius 3 is 2.54 bits per heavy atom. The number of carbonyl (C=O) groups is 1. The van der Waals surface area contributed by atoms with Gasteiger partial charge >= 0.3 is 0 Å². The van der Waals surface area contributed by atoms with Crippen LogP contribution in [0, 0.1) is 0 Å². The number of benzene rings is 2. The van der Waals surface area contributed by atoms with Crippen LogP contribution in [0.2, 0.25) is 5.02 Å². The van der Waals surface area contributed by atoms with Gasteiger partial charge in [0.2, 0.25) is 0 Å². The number of hydrogen-bond donors (Lipinski definition) is 2. The Bertz CT molecular complexity index is 868. The number of carbonyl (C=O) groups excluding carboxylic acids is 1. The van der Waals surface area contributed by atoms with E-state index in [1.54, 1.807) is 42.6 Å². The van der Waals surface area contributed by atoms with E-state index in [9.17, 15) is 4.79 Å². The minimum Gasteiger partial charge on any atom is -0.340 e. The first-order chi connectivity index (χ1) is 11.6. The first kappa shape index (κ1) is 16.5. The maximum Gasteiger partial charge on any atom is 0.259 e. The number of halogens is 2. The zero-order valence-electron chi connectivity index (χ0n) is 12.5. The van der Waals surface area contributed by atoms with Crippen molar-refractivity contribution in [2.75, 3.05) is 10.6 Å². The number of anilines is 3. The van der Waals surface area contributed by atoms with Gasteiger partial charge in [-0.1, -0.05) is 33.6 Å². The average molecular weight is 403 g/mol. The van der Waals surface area contributed by atoms with Crippen LogP contribution < -0.4 is 10.6 Å². The molecular weight excluding hydrogens is 390 g/mol. The van der Waals surface area contributed by atoms with Gasteiger partial charge in [-0.15, -0.1) is 0 Å². The van der Waals surface area contributed by atoms with Crippen LogP contribution in [-0.4, -0.2) is 10.9 Å². The fourth-order valence-electron chi connectivity index (χ4n) is 2.12. The van der Waals surface area contributed by atoms with Crippen molar-refractivity contribution in [1.29, 1.82) is 0 Å². The fraction of sp³-hybridized carbons (Fsp3) is 0. The molecule has 0 spiro atoms. The lowest BCUT2D eigenvalue weighted by atomic mass is 10.2. The summed E-state index contributed by atoms with van der Waals surface area (Å²) in [5, 5.41) is 6.62. The molecule has 0 bridgehead atoms. The van der Waals surface area contributed by atoms with Gasteiger partial charge in [-0.2, -0.15) is 0 Å². The normalized spacial score (nSPS) is 10.2. The maximum absolute atomic E-state index is 12.5. The molecule has 2 N–H and O–H groups in total. The second-order valence-corrected chi connectivity index (χ2v) is 6.35. The Kier molecular flexibility index (Phi) is 5.13. The number of pyridine rings is 1. The number of nitrogens with zero attached hydrogens (tertiary/aromatic N) is 1. The van der Waals surface area contributed by atoms with E-state index in [4.69, 9.17) is 11.6 Å². The summed E-state index contributed by atoms with van der Waals surface area (Å²) in [6.45, 7) is 0. The van der Waals surface area contributed by atoms with E-state index in [0.717, 1.165) is 10.2 Å². The second kappa shape index (κ2) is 7.47. The lowest BCUT2D eigenvalue weighted by molar-refractivity contribution is 0.102. The molecule has 1 heterocycles. The number of amides is 1. The van der Waals surface area contributed by atoms with Gasteiger partial charge in [-0.25, -0.2) is 4.98 Å². The lowest BCUT2D eigenvalue weighted by Gasteiger charge is -2.11. The topological polar surface area (TPSA) is 54.0 Å². The summed E-state index contributed by atoms with van der Waals surface area (Å²) >= 11 is 9.28. The monoisotopic (exact) mass is 401 g/mol. The maximum atomic E-state index is 12.5. The molecule has 0 aliphatic heterocycles. The van der Waals surface area contributed by atoms with Crippen LogP contribution in [0.1, 0.15) is 10.4 Å². The van der Waals surface area contributed by atoms with Gasteiger partial charge in [0.05, 0.1) is 5.56 Å². The van der Waals surface area contributed by atoms with Crippen LogP contribution in [0.5, 0.6) is 0 Å². The number of nitrogens with one attached hydrogen (secondary N) is 2. The highest BCUT2D eigenvalue weighted by molar-refractivity contribution is 9.10. The molecule has 1 aromatic heterocycles. The third-order valence-corrected chi connectivity index (χ3v) is 3.99. The first-order valence-electron chi connectivity index (χ1n) is 7.16. The minimum absolute atomic E-state index is 0.247. The van der Waals surface area contributed by atoms with E-state index >= 15 is 0 Å². The molecule has 0 fully saturated rings. The Morgan fingerprint density at radius 2 is 1.79 bits per heavy atom. The summed E-state index contributed by atoms with van der Waals surface area (Å²) in [5.74, 6) is 0.241. The summed E-state index contributed by atoms with van der Waals surface area (Å²) in [5.41, 5.74) is 1.96. The van der Waals surface area contributed by atoms with Gasteiger partial charge in [0.25, 0.3) is 5.91 Å². The summed E-state index contributed by atoms with van der Waals surface area (Å²) in [4.78, 5) is 16.8. The second-order valence-electron chi connectivity index (χ2n) is 5.00. The summed E-state index contributed by atoms with van der Waals surface area (Å²) < 4.78 is 0.940. The van der Waals surface area contributed by atoms with Crippen molar-refractivity contribution in [3.63, 3.8) is 0 Å². The third kappa shape index (κ3) is 4.13. The summed E-state index contributed by atoms with van der Waals surface area (Å²) in [6, 6.07) is 18.0. The molecule has 0 unspecified atom stereocenters. The molecule has 0 aliphatic carbocycles. The molecule has 1 amide bonds. The Balaban J connectivity index is 1.83. The fourth-order valence-corrected chi connectivity index (χ4v) is 2.65. The molecule has 3 aromatic rings. The zero-order valence-corrected chi connectivity index (χ0v) is 14.8. The van der Waals surface area contributed by atoms with E-state index in [2.05, 4.69) is 31.5 Å². The first-order valence-corrected chi connectivity index (χ1v) is 8.33. The van der Waals surface area contributed by atoms with Gasteiger partial charge < -0.3 is 10.6 Å². The zero-order chi connectivity index (χ0) is 16.9. The van der Waals surface area contributed by atoms with Crippen molar-refractivity contribution < 1.29 is 4.79 Å². The van der Waals surface area contributed by atoms with Gasteiger partial charge in [0, 0.05) is 27.1 Å². The van der Waals surface area contributed by atoms with Crippen LogP contribution in [0.15, 0.2) is 71.3 Å². The van der Waals surface area contributed by atoms with E-state index in [0.29, 0.717) is 22.1 Å². The SMILES string of the molecule is O=C(Nc1ccc(Cl)cc1)c1cccnc1Nc1cccc(Br)c1. The summed E-state index contributed by atoms with van der Waals surface area (Å²) in [6.07, 6.45) is 1.64. The van der Waals surface area contributed by atoms with E-state index in [1.807, 2.05) is 24.3 Å². The predicted molar refractivity (Wildman–Crippen MR) is 101 cm³/mol. The molecule has 2 aromatic carbocycles. The van der Waals surface area contributed by atoms with Crippen molar-refractivity contribution in [1.82, 2.24) is 4.98 Å². The van der Waals surface area contributed by atoms with Crippen LogP contribution in [0.3, 0.4) is 0 Å². The molecule has 0 saturated heterocycles. The summed E-state index contributed by atoms with van der Waals surface area (Å²) in [7, 11) is 0. The number of rotatable bonds is 4.